The van der Waals surface area contributed by atoms with E-state index in [1.807, 2.05) is 97.9 Å². The molecule has 1 aliphatic rings. The molecule has 0 radical (unpaired) electrons. The minimum atomic E-state index is -0.725. The molecule has 4 aromatic carbocycles. The van der Waals surface area contributed by atoms with Crippen molar-refractivity contribution in [1.82, 2.24) is 4.57 Å². The maximum absolute atomic E-state index is 14.4. The molecular weight excluding hydrogens is 850 g/mol. The standard InChI is InChI=1S/C37H28I2N4O4S/c1-3-46-29-15-13-23(14-16-29)33-32(35(44)42-28-11-5-4-6-12-28)22(2)41-37-43(33)36(45)31(48-37)18-26-17-27(38)19-30(39)34(26)47-21-25-10-8-7-9-24(25)20-40/h4-19,33H,3,21H2,1-2H3,(H,42,44)/b31-18-/t33-/m1/s1. The highest BCUT2D eigenvalue weighted by molar-refractivity contribution is 14.1. The van der Waals surface area contributed by atoms with Crippen molar-refractivity contribution in [3.05, 3.63) is 151 Å². The lowest BCUT2D eigenvalue weighted by molar-refractivity contribution is -0.113. The van der Waals surface area contributed by atoms with Crippen molar-refractivity contribution in [2.45, 2.75) is 26.5 Å². The molecular formula is C37H28I2N4O4S. The van der Waals surface area contributed by atoms with Crippen LogP contribution < -0.4 is 29.7 Å². The SMILES string of the molecule is CCOc1ccc([C@@H]2C(C(=O)Nc3ccccc3)=C(C)N=c3s/c(=C\c4cc(I)cc(I)c4OCc4ccccc4C#N)c(=O)n32)cc1. The molecule has 1 N–H and O–H groups in total. The summed E-state index contributed by atoms with van der Waals surface area (Å²) in [7, 11) is 0. The second-order valence-electron chi connectivity index (χ2n) is 10.8. The third-order valence-corrected chi connectivity index (χ3v) is 10.0. The van der Waals surface area contributed by atoms with E-state index in [0.717, 1.165) is 23.8 Å². The van der Waals surface area contributed by atoms with Crippen LogP contribution in [0.4, 0.5) is 5.69 Å². The summed E-state index contributed by atoms with van der Waals surface area (Å²) in [6.45, 7) is 4.43. The first-order valence-electron chi connectivity index (χ1n) is 15.0. The van der Waals surface area contributed by atoms with Gasteiger partial charge in [0, 0.05) is 20.4 Å². The van der Waals surface area contributed by atoms with Crippen molar-refractivity contribution in [3.63, 3.8) is 0 Å². The van der Waals surface area contributed by atoms with Gasteiger partial charge in [-0.05, 0) is 113 Å². The number of nitrogens with zero attached hydrogens (tertiary/aromatic N) is 3. The number of halogens is 2. The zero-order chi connectivity index (χ0) is 33.8. The predicted molar refractivity (Wildman–Crippen MR) is 204 cm³/mol. The van der Waals surface area contributed by atoms with Crippen LogP contribution in [0.3, 0.4) is 0 Å². The number of aromatic nitrogens is 1. The Bertz CT molecular complexity index is 2270. The molecule has 8 nitrogen and oxygen atoms in total. The van der Waals surface area contributed by atoms with E-state index in [9.17, 15) is 14.9 Å². The minimum absolute atomic E-state index is 0.194. The predicted octanol–water partition coefficient (Wildman–Crippen LogP) is 6.93. The first kappa shape index (κ1) is 33.6. The van der Waals surface area contributed by atoms with Gasteiger partial charge in [-0.3, -0.25) is 14.2 Å². The number of fused-ring (bicyclic) bond motifs is 1. The molecule has 2 heterocycles. The summed E-state index contributed by atoms with van der Waals surface area (Å²) in [5.41, 5.74) is 4.07. The van der Waals surface area contributed by atoms with E-state index in [-0.39, 0.29) is 18.1 Å². The van der Waals surface area contributed by atoms with Gasteiger partial charge in [0.1, 0.15) is 18.1 Å². The first-order valence-corrected chi connectivity index (χ1v) is 18.0. The Labute approximate surface area is 308 Å². The van der Waals surface area contributed by atoms with Crippen molar-refractivity contribution in [2.24, 2.45) is 4.99 Å². The maximum Gasteiger partial charge on any atom is 0.271 e. The van der Waals surface area contributed by atoms with Crippen LogP contribution in [0.25, 0.3) is 6.08 Å². The van der Waals surface area contributed by atoms with Crippen molar-refractivity contribution < 1.29 is 14.3 Å². The van der Waals surface area contributed by atoms with Gasteiger partial charge >= 0.3 is 0 Å². The molecule has 48 heavy (non-hydrogen) atoms. The highest BCUT2D eigenvalue weighted by Crippen LogP contribution is 2.33. The second-order valence-corrected chi connectivity index (χ2v) is 14.2. The summed E-state index contributed by atoms with van der Waals surface area (Å²) in [6, 6.07) is 29.4. The first-order chi connectivity index (χ1) is 23.3. The maximum atomic E-state index is 14.4. The number of benzene rings is 4. The van der Waals surface area contributed by atoms with Crippen LogP contribution in [0.1, 0.15) is 42.1 Å². The lowest BCUT2D eigenvalue weighted by Gasteiger charge is -2.25. The molecule has 240 valence electrons. The number of carbonyl (C=O) groups is 1. The molecule has 0 bridgehead atoms. The molecule has 0 unspecified atom stereocenters. The number of rotatable bonds is 9. The van der Waals surface area contributed by atoms with Gasteiger partial charge in [0.05, 0.1) is 43.7 Å². The molecule has 5 aromatic rings. The van der Waals surface area contributed by atoms with Crippen molar-refractivity contribution in [2.75, 3.05) is 11.9 Å². The number of allylic oxidation sites excluding steroid dienone is 1. The second kappa shape index (κ2) is 14.9. The summed E-state index contributed by atoms with van der Waals surface area (Å²) in [5.74, 6) is 0.968. The minimum Gasteiger partial charge on any atom is -0.494 e. The largest absolute Gasteiger partial charge is 0.494 e. The van der Waals surface area contributed by atoms with Gasteiger partial charge in [-0.25, -0.2) is 4.99 Å². The molecule has 0 saturated carbocycles. The molecule has 0 spiro atoms. The smallest absolute Gasteiger partial charge is 0.271 e. The number of hydrogen-bond acceptors (Lipinski definition) is 7. The fraction of sp³-hybridized carbons (Fsp3) is 0.135. The van der Waals surface area contributed by atoms with Crippen LogP contribution in [0.15, 0.2) is 112 Å². The summed E-state index contributed by atoms with van der Waals surface area (Å²) in [5, 5.41) is 12.5. The number of amides is 1. The zero-order valence-electron chi connectivity index (χ0n) is 25.9. The van der Waals surface area contributed by atoms with Gasteiger partial charge in [0.15, 0.2) is 4.80 Å². The van der Waals surface area contributed by atoms with Crippen LogP contribution >= 0.6 is 56.5 Å². The number of thiazole rings is 1. The molecule has 1 aromatic heterocycles. The normalized spacial score (nSPS) is 14.1. The third-order valence-electron chi connectivity index (χ3n) is 7.64. The molecule has 0 saturated heterocycles. The number of carbonyl (C=O) groups excluding carboxylic acids is 1. The average Bonchev–Trinajstić information content (AvgIpc) is 3.38. The van der Waals surface area contributed by atoms with Crippen molar-refractivity contribution >= 4 is 74.2 Å². The summed E-state index contributed by atoms with van der Waals surface area (Å²) >= 11 is 5.73. The van der Waals surface area contributed by atoms with E-state index in [1.54, 1.807) is 17.6 Å². The highest BCUT2D eigenvalue weighted by atomic mass is 127. The van der Waals surface area contributed by atoms with E-state index in [1.165, 1.54) is 11.3 Å². The quantitative estimate of drug-likeness (QED) is 0.162. The van der Waals surface area contributed by atoms with Gasteiger partial charge in [-0.1, -0.05) is 59.9 Å². The Morgan fingerprint density at radius 2 is 1.77 bits per heavy atom. The highest BCUT2D eigenvalue weighted by Gasteiger charge is 2.32. The summed E-state index contributed by atoms with van der Waals surface area (Å²) in [4.78, 5) is 33.5. The molecule has 1 atom stereocenters. The number of nitriles is 1. The Hall–Kier alpha value is -4.26. The number of anilines is 1. The molecule has 6 rings (SSSR count). The van der Waals surface area contributed by atoms with Gasteiger partial charge in [-0.2, -0.15) is 5.26 Å². The van der Waals surface area contributed by atoms with Crippen LogP contribution in [0.5, 0.6) is 11.5 Å². The average molecular weight is 879 g/mol. The fourth-order valence-electron chi connectivity index (χ4n) is 5.45. The topological polar surface area (TPSA) is 106 Å². The van der Waals surface area contributed by atoms with Crippen molar-refractivity contribution in [3.8, 4) is 17.6 Å². The van der Waals surface area contributed by atoms with Gasteiger partial charge in [-0.15, -0.1) is 0 Å². The van der Waals surface area contributed by atoms with Crippen LogP contribution in [-0.4, -0.2) is 17.1 Å². The molecule has 1 aliphatic heterocycles. The molecule has 0 aliphatic carbocycles. The lowest BCUT2D eigenvalue weighted by Crippen LogP contribution is -2.40. The van der Waals surface area contributed by atoms with Gasteiger partial charge < -0.3 is 14.8 Å². The fourth-order valence-corrected chi connectivity index (χ4v) is 8.53. The molecule has 11 heteroatoms. The van der Waals surface area contributed by atoms with Crippen LogP contribution in [0, 0.1) is 18.5 Å². The number of nitrogens with one attached hydrogen (secondary N) is 1. The van der Waals surface area contributed by atoms with Crippen molar-refractivity contribution in [1.29, 1.82) is 5.26 Å². The summed E-state index contributed by atoms with van der Waals surface area (Å²) < 4.78 is 15.9. The number of para-hydroxylation sites is 1. The van der Waals surface area contributed by atoms with E-state index in [0.29, 0.717) is 50.0 Å². The van der Waals surface area contributed by atoms with E-state index >= 15 is 0 Å². The number of hydrogen-bond donors (Lipinski definition) is 1. The molecule has 1 amide bonds. The van der Waals surface area contributed by atoms with E-state index < -0.39 is 6.04 Å². The monoisotopic (exact) mass is 878 g/mol. The summed E-state index contributed by atoms with van der Waals surface area (Å²) in [6.07, 6.45) is 1.82. The van der Waals surface area contributed by atoms with E-state index in [4.69, 9.17) is 14.5 Å². The Morgan fingerprint density at radius 3 is 2.50 bits per heavy atom. The van der Waals surface area contributed by atoms with E-state index in [2.05, 4.69) is 56.6 Å². The Kier molecular flexibility index (Phi) is 10.4. The Balaban J connectivity index is 1.46. The van der Waals surface area contributed by atoms with Crippen LogP contribution in [-0.2, 0) is 11.4 Å². The van der Waals surface area contributed by atoms with Crippen LogP contribution in [0.2, 0.25) is 0 Å². The number of ether oxygens (including phenoxy) is 2. The molecule has 0 fully saturated rings. The van der Waals surface area contributed by atoms with Gasteiger partial charge in [0.2, 0.25) is 0 Å². The Morgan fingerprint density at radius 1 is 1.04 bits per heavy atom. The van der Waals surface area contributed by atoms with Gasteiger partial charge in [0.25, 0.3) is 11.5 Å². The zero-order valence-corrected chi connectivity index (χ0v) is 31.0. The lowest BCUT2D eigenvalue weighted by atomic mass is 9.95. The third kappa shape index (κ3) is 7.11.